The topological polar surface area (TPSA) is 118 Å². The minimum atomic E-state index is -0.419. The zero-order valence-electron chi connectivity index (χ0n) is 16.3. The van der Waals surface area contributed by atoms with E-state index in [1.165, 1.54) is 36.3 Å². The van der Waals surface area contributed by atoms with Gasteiger partial charge in [-0.1, -0.05) is 0 Å². The fourth-order valence-electron chi connectivity index (χ4n) is 2.56. The van der Waals surface area contributed by atoms with Crippen molar-refractivity contribution in [2.75, 3.05) is 7.11 Å². The molecule has 0 unspecified atom stereocenters. The Morgan fingerprint density at radius 3 is 2.87 bits per heavy atom. The van der Waals surface area contributed by atoms with Gasteiger partial charge in [-0.3, -0.25) is 14.4 Å². The van der Waals surface area contributed by atoms with E-state index in [0.717, 1.165) is 10.4 Å². The van der Waals surface area contributed by atoms with E-state index in [0.29, 0.717) is 20.8 Å². The van der Waals surface area contributed by atoms with Crippen molar-refractivity contribution in [3.63, 3.8) is 0 Å². The minimum absolute atomic E-state index is 0.0526. The van der Waals surface area contributed by atoms with Gasteiger partial charge >= 0.3 is 5.97 Å². The monoisotopic (exact) mass is 445 g/mol. The highest BCUT2D eigenvalue weighted by molar-refractivity contribution is 8.18. The van der Waals surface area contributed by atoms with Crippen molar-refractivity contribution in [2.45, 2.75) is 26.2 Å². The van der Waals surface area contributed by atoms with E-state index in [2.05, 4.69) is 20.0 Å². The molecular weight excluding hydrogens is 426 g/mol. The first-order chi connectivity index (χ1) is 14.3. The molecule has 3 rings (SSSR count). The number of hydrogen-bond acceptors (Lipinski definition) is 9. The fraction of sp³-hybridized carbons (Fsp3) is 0.250. The van der Waals surface area contributed by atoms with Gasteiger partial charge in [-0.2, -0.15) is 0 Å². The van der Waals surface area contributed by atoms with Gasteiger partial charge in [0.15, 0.2) is 5.17 Å². The molecular formula is C20H19N3O5S2. The van der Waals surface area contributed by atoms with Crippen molar-refractivity contribution in [2.24, 2.45) is 4.99 Å². The summed E-state index contributed by atoms with van der Waals surface area (Å²) in [6.45, 7) is 1.82. The Balaban J connectivity index is 1.65. The molecule has 1 fully saturated rings. The molecule has 1 saturated heterocycles. The van der Waals surface area contributed by atoms with Crippen molar-refractivity contribution in [1.82, 2.24) is 10.3 Å². The summed E-state index contributed by atoms with van der Waals surface area (Å²) in [5.41, 5.74) is 1.45. The van der Waals surface area contributed by atoms with Crippen LogP contribution in [0, 0.1) is 6.92 Å². The zero-order chi connectivity index (χ0) is 21.7. The third kappa shape index (κ3) is 5.77. The number of esters is 1. The SMILES string of the molecule is COC(=O)CCC(=O)Cc1ncc(/C=C2\SC(=Nc3ccc(O)cc3C)NC2=O)s1. The molecule has 2 aromatic rings. The number of amides is 1. The number of aromatic hydroxyl groups is 1. The molecule has 0 spiro atoms. The highest BCUT2D eigenvalue weighted by atomic mass is 32.2. The molecule has 1 aliphatic heterocycles. The number of benzene rings is 1. The molecule has 2 heterocycles. The number of thioether (sulfide) groups is 1. The standard InChI is InChI=1S/C20H19N3O5S2/c1-11-7-12(24)3-5-15(11)22-20-23-19(27)16(30-20)9-14-10-21-17(29-14)8-13(25)4-6-18(26)28-2/h3,5,7,9-10,24H,4,6,8H2,1-2H3,(H,22,23,27)/b16-9-. The smallest absolute Gasteiger partial charge is 0.305 e. The number of ketones is 1. The number of ether oxygens (including phenoxy) is 1. The number of aromatic nitrogens is 1. The van der Waals surface area contributed by atoms with E-state index >= 15 is 0 Å². The summed E-state index contributed by atoms with van der Waals surface area (Å²) in [6.07, 6.45) is 3.60. The Labute approximate surface area is 181 Å². The Bertz CT molecular complexity index is 1060. The first kappa shape index (κ1) is 21.7. The van der Waals surface area contributed by atoms with Crippen molar-refractivity contribution in [3.05, 3.63) is 44.7 Å². The molecule has 0 radical (unpaired) electrons. The molecule has 0 saturated carbocycles. The summed E-state index contributed by atoms with van der Waals surface area (Å²) in [5, 5.41) is 13.3. The summed E-state index contributed by atoms with van der Waals surface area (Å²) < 4.78 is 4.52. The number of carbonyl (C=O) groups excluding carboxylic acids is 3. The van der Waals surface area contributed by atoms with Gasteiger partial charge in [0.25, 0.3) is 5.91 Å². The van der Waals surface area contributed by atoms with Gasteiger partial charge in [-0.05, 0) is 48.5 Å². The lowest BCUT2D eigenvalue weighted by Gasteiger charge is -2.01. The first-order valence-electron chi connectivity index (χ1n) is 8.96. The number of carbonyl (C=O) groups is 3. The van der Waals surface area contributed by atoms with E-state index in [1.54, 1.807) is 24.4 Å². The predicted molar refractivity (Wildman–Crippen MR) is 116 cm³/mol. The zero-order valence-corrected chi connectivity index (χ0v) is 17.9. The maximum absolute atomic E-state index is 12.2. The van der Waals surface area contributed by atoms with Crippen LogP contribution in [0.5, 0.6) is 5.75 Å². The molecule has 0 bridgehead atoms. The Morgan fingerprint density at radius 2 is 2.13 bits per heavy atom. The molecule has 1 amide bonds. The second-order valence-corrected chi connectivity index (χ2v) is 8.58. The number of nitrogens with zero attached hydrogens (tertiary/aromatic N) is 2. The predicted octanol–water partition coefficient (Wildman–Crippen LogP) is 3.11. The van der Waals surface area contributed by atoms with Crippen LogP contribution in [0.2, 0.25) is 0 Å². The van der Waals surface area contributed by atoms with Crippen molar-refractivity contribution in [3.8, 4) is 5.75 Å². The van der Waals surface area contributed by atoms with Gasteiger partial charge in [0, 0.05) is 17.5 Å². The molecule has 156 valence electrons. The van der Waals surface area contributed by atoms with Crippen LogP contribution in [-0.4, -0.2) is 40.0 Å². The number of amidine groups is 1. The maximum Gasteiger partial charge on any atom is 0.305 e. The van der Waals surface area contributed by atoms with Crippen molar-refractivity contribution in [1.29, 1.82) is 0 Å². The number of phenols is 1. The van der Waals surface area contributed by atoms with Crippen LogP contribution in [-0.2, 0) is 25.5 Å². The second-order valence-electron chi connectivity index (χ2n) is 6.40. The number of thiazole rings is 1. The highest BCUT2D eigenvalue weighted by Gasteiger charge is 2.24. The lowest BCUT2D eigenvalue weighted by molar-refractivity contribution is -0.141. The summed E-state index contributed by atoms with van der Waals surface area (Å²) in [5.74, 6) is -0.623. The third-order valence-corrected chi connectivity index (χ3v) is 5.94. The van der Waals surface area contributed by atoms with Crippen LogP contribution >= 0.6 is 23.1 Å². The number of Topliss-reactive ketones (excluding diaryl/α,β-unsaturated/α-hetero) is 1. The van der Waals surface area contributed by atoms with Crippen LogP contribution in [0.1, 0.15) is 28.3 Å². The van der Waals surface area contributed by atoms with Crippen LogP contribution in [0.3, 0.4) is 0 Å². The summed E-state index contributed by atoms with van der Waals surface area (Å²) >= 11 is 2.52. The number of hydrogen-bond donors (Lipinski definition) is 2. The molecule has 2 N–H and O–H groups in total. The lowest BCUT2D eigenvalue weighted by atomic mass is 10.2. The Morgan fingerprint density at radius 1 is 1.33 bits per heavy atom. The van der Waals surface area contributed by atoms with Gasteiger partial charge in [0.05, 0.1) is 30.5 Å². The van der Waals surface area contributed by atoms with Crippen molar-refractivity contribution >= 4 is 57.7 Å². The first-order valence-corrected chi connectivity index (χ1v) is 10.6. The summed E-state index contributed by atoms with van der Waals surface area (Å²) in [4.78, 5) is 45.2. The van der Waals surface area contributed by atoms with E-state index < -0.39 is 5.97 Å². The third-order valence-electron chi connectivity index (χ3n) is 4.08. The highest BCUT2D eigenvalue weighted by Crippen LogP contribution is 2.31. The van der Waals surface area contributed by atoms with Gasteiger partial charge in [-0.15, -0.1) is 11.3 Å². The number of aryl methyl sites for hydroxylation is 1. The molecule has 10 heteroatoms. The average molecular weight is 446 g/mol. The van der Waals surface area contributed by atoms with Crippen LogP contribution in [0.4, 0.5) is 5.69 Å². The number of phenolic OH excluding ortho intramolecular Hbond substituents is 1. The number of aliphatic imine (C=N–C) groups is 1. The van der Waals surface area contributed by atoms with E-state index in [-0.39, 0.29) is 36.7 Å². The van der Waals surface area contributed by atoms with E-state index in [1.807, 2.05) is 6.92 Å². The summed E-state index contributed by atoms with van der Waals surface area (Å²) in [7, 11) is 1.28. The molecule has 0 aliphatic carbocycles. The average Bonchev–Trinajstić information content (AvgIpc) is 3.28. The van der Waals surface area contributed by atoms with Crippen molar-refractivity contribution < 1.29 is 24.2 Å². The van der Waals surface area contributed by atoms with Crippen LogP contribution < -0.4 is 5.32 Å². The van der Waals surface area contributed by atoms with Gasteiger partial charge in [0.1, 0.15) is 16.5 Å². The number of rotatable bonds is 7. The number of methoxy groups -OCH3 is 1. The molecule has 8 nitrogen and oxygen atoms in total. The molecule has 1 aliphatic rings. The lowest BCUT2D eigenvalue weighted by Crippen LogP contribution is -2.19. The van der Waals surface area contributed by atoms with Gasteiger partial charge in [-0.25, -0.2) is 9.98 Å². The Hall–Kier alpha value is -2.98. The van der Waals surface area contributed by atoms with Crippen LogP contribution in [0.25, 0.3) is 6.08 Å². The second kappa shape index (κ2) is 9.68. The molecule has 1 aromatic carbocycles. The van der Waals surface area contributed by atoms with Gasteiger partial charge < -0.3 is 15.2 Å². The molecule has 0 atom stereocenters. The summed E-state index contributed by atoms with van der Waals surface area (Å²) in [6, 6.07) is 4.82. The Kier molecular flexibility index (Phi) is 7.01. The quantitative estimate of drug-likeness (QED) is 0.497. The molecule has 30 heavy (non-hydrogen) atoms. The largest absolute Gasteiger partial charge is 0.508 e. The van der Waals surface area contributed by atoms with E-state index in [9.17, 15) is 19.5 Å². The number of nitrogens with one attached hydrogen (secondary N) is 1. The normalized spacial score (nSPS) is 16.1. The van der Waals surface area contributed by atoms with Crippen LogP contribution in [0.15, 0.2) is 34.3 Å². The van der Waals surface area contributed by atoms with E-state index in [4.69, 9.17) is 0 Å². The molecule has 1 aromatic heterocycles. The fourth-order valence-corrected chi connectivity index (χ4v) is 4.35. The maximum atomic E-state index is 12.2. The minimum Gasteiger partial charge on any atom is -0.508 e. The van der Waals surface area contributed by atoms with Gasteiger partial charge in [0.2, 0.25) is 0 Å².